The van der Waals surface area contributed by atoms with Gasteiger partial charge in [0, 0.05) is 32.7 Å². The lowest BCUT2D eigenvalue weighted by Gasteiger charge is -2.32. The van der Waals surface area contributed by atoms with Crippen molar-refractivity contribution in [2.45, 2.75) is 12.7 Å². The van der Waals surface area contributed by atoms with Crippen LogP contribution in [0, 0.1) is 0 Å². The number of rotatable bonds is 3. The lowest BCUT2D eigenvalue weighted by Crippen LogP contribution is -2.43. The average Bonchev–Trinajstić information content (AvgIpc) is 2.81. The van der Waals surface area contributed by atoms with Crippen molar-refractivity contribution in [1.82, 2.24) is 9.80 Å². The van der Waals surface area contributed by atoms with Crippen molar-refractivity contribution in [2.24, 2.45) is 0 Å². The van der Waals surface area contributed by atoms with Crippen molar-refractivity contribution in [3.63, 3.8) is 0 Å². The van der Waals surface area contributed by atoms with Crippen LogP contribution in [0.25, 0.3) is 32.9 Å². The van der Waals surface area contributed by atoms with Crippen LogP contribution in [0.3, 0.4) is 0 Å². The normalized spacial score (nSPS) is 15.9. The second-order valence-corrected chi connectivity index (χ2v) is 8.68. The molecule has 0 radical (unpaired) electrons. The Bertz CT molecular complexity index is 1430. The van der Waals surface area contributed by atoms with E-state index in [4.69, 9.17) is 4.42 Å². The number of benzene rings is 3. The minimum atomic E-state index is -4.91. The third-order valence-corrected chi connectivity index (χ3v) is 6.43. The highest BCUT2D eigenvalue weighted by atomic mass is 19.4. The fourth-order valence-electron chi connectivity index (χ4n) is 4.57. The molecule has 1 aliphatic heterocycles. The molecule has 1 fully saturated rings. The van der Waals surface area contributed by atoms with Crippen molar-refractivity contribution in [3.8, 4) is 16.9 Å². The van der Waals surface area contributed by atoms with E-state index < -0.39 is 22.9 Å². The standard InChI is InChI=1S/C26H23F3N2O3/c1-30-11-13-31(14-12-30)15-20-21(32)10-9-19-23(33)22(25(26(27,28)29)34-24(19)20)18-8-4-6-16-5-2-3-7-17(16)18/h2-10,32H,11-15H2,1H3. The molecule has 34 heavy (non-hydrogen) atoms. The Kier molecular flexibility index (Phi) is 5.58. The van der Waals surface area contributed by atoms with E-state index in [0.717, 1.165) is 13.1 Å². The Hall–Kier alpha value is -3.36. The molecule has 2 heterocycles. The van der Waals surface area contributed by atoms with Gasteiger partial charge in [0.05, 0.1) is 16.5 Å². The second-order valence-electron chi connectivity index (χ2n) is 8.68. The molecule has 0 amide bonds. The van der Waals surface area contributed by atoms with Gasteiger partial charge in [-0.1, -0.05) is 42.5 Å². The summed E-state index contributed by atoms with van der Waals surface area (Å²) in [5.41, 5.74) is -1.17. The summed E-state index contributed by atoms with van der Waals surface area (Å²) < 4.78 is 48.3. The molecule has 5 nitrogen and oxygen atoms in total. The fourth-order valence-corrected chi connectivity index (χ4v) is 4.57. The van der Waals surface area contributed by atoms with E-state index in [2.05, 4.69) is 4.90 Å². The first-order chi connectivity index (χ1) is 16.2. The maximum atomic E-state index is 14.3. The molecule has 1 N–H and O–H groups in total. The molecule has 0 atom stereocenters. The first-order valence-corrected chi connectivity index (χ1v) is 11.0. The number of hydrogen-bond acceptors (Lipinski definition) is 5. The van der Waals surface area contributed by atoms with E-state index in [9.17, 15) is 23.1 Å². The number of nitrogens with zero attached hydrogens (tertiary/aromatic N) is 2. The number of aromatic hydroxyl groups is 1. The van der Waals surface area contributed by atoms with Gasteiger partial charge in [-0.3, -0.25) is 9.69 Å². The summed E-state index contributed by atoms with van der Waals surface area (Å²) in [5.74, 6) is -1.55. The van der Waals surface area contributed by atoms with Crippen LogP contribution in [0.5, 0.6) is 5.75 Å². The highest BCUT2D eigenvalue weighted by Crippen LogP contribution is 2.41. The van der Waals surface area contributed by atoms with Crippen LogP contribution in [0.4, 0.5) is 13.2 Å². The highest BCUT2D eigenvalue weighted by molar-refractivity contribution is 5.99. The molecule has 8 heteroatoms. The van der Waals surface area contributed by atoms with E-state index in [1.165, 1.54) is 18.2 Å². The smallest absolute Gasteiger partial charge is 0.450 e. The van der Waals surface area contributed by atoms with Gasteiger partial charge in [0.15, 0.2) is 0 Å². The molecule has 3 aromatic carbocycles. The summed E-state index contributed by atoms with van der Waals surface area (Å²) in [6.07, 6.45) is -4.91. The zero-order chi connectivity index (χ0) is 24.0. The molecule has 1 saturated heterocycles. The van der Waals surface area contributed by atoms with E-state index in [-0.39, 0.29) is 34.4 Å². The minimum absolute atomic E-state index is 0.0119. The summed E-state index contributed by atoms with van der Waals surface area (Å²) in [5, 5.41) is 11.8. The largest absolute Gasteiger partial charge is 0.507 e. The number of phenolic OH excluding ortho intramolecular Hbond substituents is 1. The number of hydrogen-bond donors (Lipinski definition) is 1. The van der Waals surface area contributed by atoms with Crippen LogP contribution >= 0.6 is 0 Å². The highest BCUT2D eigenvalue weighted by Gasteiger charge is 2.40. The maximum absolute atomic E-state index is 14.3. The zero-order valence-corrected chi connectivity index (χ0v) is 18.5. The van der Waals surface area contributed by atoms with Crippen molar-refractivity contribution in [3.05, 3.63) is 76.1 Å². The Balaban J connectivity index is 1.76. The van der Waals surface area contributed by atoms with E-state index in [1.54, 1.807) is 36.4 Å². The van der Waals surface area contributed by atoms with Crippen LogP contribution in [0.1, 0.15) is 11.3 Å². The lowest BCUT2D eigenvalue weighted by molar-refractivity contribution is -0.152. The van der Waals surface area contributed by atoms with Crippen LogP contribution < -0.4 is 5.43 Å². The number of likely N-dealkylation sites (N-methyl/N-ethyl adjacent to an activating group) is 1. The van der Waals surface area contributed by atoms with Crippen LogP contribution in [-0.4, -0.2) is 48.1 Å². The number of phenols is 1. The van der Waals surface area contributed by atoms with Crippen LogP contribution in [0.15, 0.2) is 63.8 Å². The summed E-state index contributed by atoms with van der Waals surface area (Å²) in [6.45, 7) is 3.17. The average molecular weight is 468 g/mol. The number of halogens is 3. The van der Waals surface area contributed by atoms with Crippen molar-refractivity contribution in [1.29, 1.82) is 0 Å². The van der Waals surface area contributed by atoms with Gasteiger partial charge in [0.1, 0.15) is 11.3 Å². The molecule has 5 rings (SSSR count). The Morgan fingerprint density at radius 1 is 0.941 bits per heavy atom. The van der Waals surface area contributed by atoms with Crippen molar-refractivity contribution in [2.75, 3.05) is 33.2 Å². The van der Waals surface area contributed by atoms with Crippen LogP contribution in [-0.2, 0) is 12.7 Å². The summed E-state index contributed by atoms with van der Waals surface area (Å²) in [6, 6.07) is 14.6. The van der Waals surface area contributed by atoms with Gasteiger partial charge >= 0.3 is 6.18 Å². The predicted molar refractivity (Wildman–Crippen MR) is 125 cm³/mol. The van der Waals surface area contributed by atoms with Gasteiger partial charge in [-0.25, -0.2) is 0 Å². The summed E-state index contributed by atoms with van der Waals surface area (Å²) in [4.78, 5) is 17.8. The van der Waals surface area contributed by atoms with E-state index in [1.807, 2.05) is 11.9 Å². The van der Waals surface area contributed by atoms with Crippen molar-refractivity contribution >= 4 is 21.7 Å². The maximum Gasteiger partial charge on any atom is 0.450 e. The molecule has 0 aliphatic carbocycles. The molecule has 4 aromatic rings. The molecule has 1 aliphatic rings. The third kappa shape index (κ3) is 3.93. The number of fused-ring (bicyclic) bond motifs is 2. The van der Waals surface area contributed by atoms with E-state index in [0.29, 0.717) is 23.9 Å². The van der Waals surface area contributed by atoms with Gasteiger partial charge in [-0.05, 0) is 35.5 Å². The quantitative estimate of drug-likeness (QED) is 0.454. The topological polar surface area (TPSA) is 56.9 Å². The number of piperazine rings is 1. The molecular formula is C26H23F3N2O3. The summed E-state index contributed by atoms with van der Waals surface area (Å²) >= 11 is 0. The Morgan fingerprint density at radius 2 is 1.65 bits per heavy atom. The molecule has 1 aromatic heterocycles. The van der Waals surface area contributed by atoms with Crippen LogP contribution in [0.2, 0.25) is 0 Å². The molecule has 0 bridgehead atoms. The fraction of sp³-hybridized carbons (Fsp3) is 0.269. The first-order valence-electron chi connectivity index (χ1n) is 11.0. The van der Waals surface area contributed by atoms with Crippen molar-refractivity contribution < 1.29 is 22.7 Å². The van der Waals surface area contributed by atoms with Gasteiger partial charge in [-0.2, -0.15) is 13.2 Å². The SMILES string of the molecule is CN1CCN(Cc2c(O)ccc3c(=O)c(-c4cccc5ccccc45)c(C(F)(F)F)oc23)CC1. The molecule has 0 saturated carbocycles. The van der Waals surface area contributed by atoms with Gasteiger partial charge in [0.2, 0.25) is 11.2 Å². The lowest BCUT2D eigenvalue weighted by atomic mass is 9.95. The van der Waals surface area contributed by atoms with E-state index >= 15 is 0 Å². The first kappa shape index (κ1) is 22.4. The summed E-state index contributed by atoms with van der Waals surface area (Å²) in [7, 11) is 2.00. The molecule has 0 unspecified atom stereocenters. The zero-order valence-electron chi connectivity index (χ0n) is 18.5. The minimum Gasteiger partial charge on any atom is -0.507 e. The third-order valence-electron chi connectivity index (χ3n) is 6.43. The Morgan fingerprint density at radius 3 is 2.38 bits per heavy atom. The number of alkyl halides is 3. The molecular weight excluding hydrogens is 445 g/mol. The predicted octanol–water partition coefficient (Wildman–Crippen LogP) is 5.09. The van der Waals surface area contributed by atoms with Gasteiger partial charge in [0.25, 0.3) is 0 Å². The molecule has 0 spiro atoms. The molecule has 176 valence electrons. The van der Waals surface area contributed by atoms with Gasteiger partial charge in [-0.15, -0.1) is 0 Å². The monoisotopic (exact) mass is 468 g/mol. The second kappa shape index (κ2) is 8.45. The Labute approximate surface area is 193 Å². The van der Waals surface area contributed by atoms with Gasteiger partial charge < -0.3 is 14.4 Å².